The van der Waals surface area contributed by atoms with E-state index in [1.165, 1.54) is 22.3 Å². The second-order valence-electron chi connectivity index (χ2n) is 4.43. The topological polar surface area (TPSA) is 0 Å². The van der Waals surface area contributed by atoms with Crippen LogP contribution in [-0.4, -0.2) is 0 Å². The van der Waals surface area contributed by atoms with E-state index in [-0.39, 0.29) is 0 Å². The molecule has 0 unspecified atom stereocenters. The highest BCUT2D eigenvalue weighted by atomic mass is 79.9. The van der Waals surface area contributed by atoms with Gasteiger partial charge in [0.05, 0.1) is 0 Å². The van der Waals surface area contributed by atoms with Crippen molar-refractivity contribution in [3.63, 3.8) is 0 Å². The molecule has 19 heavy (non-hydrogen) atoms. The predicted octanol–water partition coefficient (Wildman–Crippen LogP) is 5.78. The Morgan fingerprint density at radius 1 is 0.526 bits per heavy atom. The first-order chi connectivity index (χ1) is 9.34. The Hall–Kier alpha value is -1.86. The Balaban J connectivity index is 2.09. The monoisotopic (exact) mass is 308 g/mol. The molecular formula is C18H13Br. The van der Waals surface area contributed by atoms with E-state index in [9.17, 15) is 0 Å². The molecule has 0 atom stereocenters. The van der Waals surface area contributed by atoms with Gasteiger partial charge >= 0.3 is 0 Å². The average Bonchev–Trinajstić information content (AvgIpc) is 2.49. The molecule has 0 nitrogen and oxygen atoms in total. The SMILES string of the molecule is Brc1ccccc1-c1cccc(-c2ccccc2)c1. The smallest absolute Gasteiger partial charge is 0.0253 e. The first kappa shape index (κ1) is 12.2. The molecule has 0 aliphatic heterocycles. The summed E-state index contributed by atoms with van der Waals surface area (Å²) >= 11 is 3.61. The fraction of sp³-hybridized carbons (Fsp3) is 0. The highest BCUT2D eigenvalue weighted by Gasteiger charge is 2.03. The summed E-state index contributed by atoms with van der Waals surface area (Å²) in [5, 5.41) is 0. The molecule has 0 N–H and O–H groups in total. The highest BCUT2D eigenvalue weighted by molar-refractivity contribution is 9.10. The molecule has 0 spiro atoms. The van der Waals surface area contributed by atoms with Gasteiger partial charge in [0.2, 0.25) is 0 Å². The summed E-state index contributed by atoms with van der Waals surface area (Å²) in [7, 11) is 0. The standard InChI is InChI=1S/C18H13Br/c19-18-12-5-4-11-17(18)16-10-6-9-15(13-16)14-7-2-1-3-8-14/h1-13H. The third-order valence-corrected chi connectivity index (χ3v) is 3.85. The molecule has 3 aromatic rings. The molecule has 0 aromatic heterocycles. The lowest BCUT2D eigenvalue weighted by Gasteiger charge is -2.07. The highest BCUT2D eigenvalue weighted by Crippen LogP contribution is 2.30. The van der Waals surface area contributed by atoms with E-state index in [1.54, 1.807) is 0 Å². The zero-order valence-corrected chi connectivity index (χ0v) is 12.0. The van der Waals surface area contributed by atoms with E-state index >= 15 is 0 Å². The third kappa shape index (κ3) is 2.61. The number of rotatable bonds is 2. The lowest BCUT2D eigenvalue weighted by Crippen LogP contribution is -1.82. The summed E-state index contributed by atoms with van der Waals surface area (Å²) in [6.07, 6.45) is 0. The molecule has 0 saturated heterocycles. The Morgan fingerprint density at radius 2 is 1.16 bits per heavy atom. The van der Waals surface area contributed by atoms with Gasteiger partial charge in [-0.3, -0.25) is 0 Å². The summed E-state index contributed by atoms with van der Waals surface area (Å²) in [6, 6.07) is 27.4. The van der Waals surface area contributed by atoms with E-state index in [2.05, 4.69) is 82.7 Å². The van der Waals surface area contributed by atoms with E-state index in [1.807, 2.05) is 12.1 Å². The van der Waals surface area contributed by atoms with Crippen molar-refractivity contribution in [2.75, 3.05) is 0 Å². The molecule has 0 aliphatic rings. The minimum atomic E-state index is 1.13. The van der Waals surface area contributed by atoms with Crippen molar-refractivity contribution in [2.24, 2.45) is 0 Å². The van der Waals surface area contributed by atoms with Gasteiger partial charge in [-0.25, -0.2) is 0 Å². The molecule has 0 saturated carbocycles. The van der Waals surface area contributed by atoms with Crippen LogP contribution in [0.25, 0.3) is 22.3 Å². The van der Waals surface area contributed by atoms with Crippen LogP contribution in [0.4, 0.5) is 0 Å². The van der Waals surface area contributed by atoms with Crippen LogP contribution in [0.2, 0.25) is 0 Å². The number of hydrogen-bond acceptors (Lipinski definition) is 0. The molecule has 92 valence electrons. The van der Waals surface area contributed by atoms with Crippen molar-refractivity contribution >= 4 is 15.9 Å². The third-order valence-electron chi connectivity index (χ3n) is 3.15. The van der Waals surface area contributed by atoms with Crippen molar-refractivity contribution in [3.8, 4) is 22.3 Å². The van der Waals surface area contributed by atoms with Crippen LogP contribution in [0.15, 0.2) is 83.3 Å². The van der Waals surface area contributed by atoms with E-state index < -0.39 is 0 Å². The Kier molecular flexibility index (Phi) is 3.47. The fourth-order valence-corrected chi connectivity index (χ4v) is 2.71. The Bertz CT molecular complexity index is 687. The van der Waals surface area contributed by atoms with Crippen LogP contribution in [0, 0.1) is 0 Å². The molecule has 0 amide bonds. The minimum Gasteiger partial charge on any atom is -0.0622 e. The molecule has 1 heteroatoms. The maximum Gasteiger partial charge on any atom is 0.0253 e. The largest absolute Gasteiger partial charge is 0.0622 e. The molecule has 0 radical (unpaired) electrons. The summed E-state index contributed by atoms with van der Waals surface area (Å²) in [6.45, 7) is 0. The van der Waals surface area contributed by atoms with Gasteiger partial charge in [0.25, 0.3) is 0 Å². The maximum absolute atomic E-state index is 3.61. The first-order valence-electron chi connectivity index (χ1n) is 6.25. The van der Waals surface area contributed by atoms with Crippen LogP contribution in [-0.2, 0) is 0 Å². The summed E-state index contributed by atoms with van der Waals surface area (Å²) in [4.78, 5) is 0. The van der Waals surface area contributed by atoms with Gasteiger partial charge in [-0.1, -0.05) is 82.7 Å². The Morgan fingerprint density at radius 3 is 1.95 bits per heavy atom. The zero-order valence-electron chi connectivity index (χ0n) is 10.4. The summed E-state index contributed by atoms with van der Waals surface area (Å²) in [5.41, 5.74) is 4.94. The average molecular weight is 309 g/mol. The molecule has 0 heterocycles. The van der Waals surface area contributed by atoms with Gasteiger partial charge in [-0.2, -0.15) is 0 Å². The Labute approximate surface area is 121 Å². The van der Waals surface area contributed by atoms with Crippen molar-refractivity contribution in [2.45, 2.75) is 0 Å². The van der Waals surface area contributed by atoms with E-state index in [0.29, 0.717) is 0 Å². The van der Waals surface area contributed by atoms with Crippen LogP contribution in [0.1, 0.15) is 0 Å². The van der Waals surface area contributed by atoms with Gasteiger partial charge in [0.1, 0.15) is 0 Å². The minimum absolute atomic E-state index is 1.13. The van der Waals surface area contributed by atoms with E-state index in [0.717, 1.165) is 4.47 Å². The van der Waals surface area contributed by atoms with Crippen LogP contribution < -0.4 is 0 Å². The van der Waals surface area contributed by atoms with Crippen LogP contribution in [0.3, 0.4) is 0 Å². The lowest BCUT2D eigenvalue weighted by molar-refractivity contribution is 1.57. The summed E-state index contributed by atoms with van der Waals surface area (Å²) in [5.74, 6) is 0. The number of halogens is 1. The number of hydrogen-bond donors (Lipinski definition) is 0. The summed E-state index contributed by atoms with van der Waals surface area (Å²) < 4.78 is 1.13. The first-order valence-corrected chi connectivity index (χ1v) is 7.04. The zero-order chi connectivity index (χ0) is 13.1. The molecule has 3 rings (SSSR count). The van der Waals surface area contributed by atoms with Gasteiger partial charge in [0, 0.05) is 4.47 Å². The fourth-order valence-electron chi connectivity index (χ4n) is 2.19. The molecule has 0 aliphatic carbocycles. The van der Waals surface area contributed by atoms with Gasteiger partial charge < -0.3 is 0 Å². The van der Waals surface area contributed by atoms with Crippen LogP contribution in [0.5, 0.6) is 0 Å². The molecule has 0 bridgehead atoms. The van der Waals surface area contributed by atoms with E-state index in [4.69, 9.17) is 0 Å². The van der Waals surface area contributed by atoms with Crippen molar-refractivity contribution in [3.05, 3.63) is 83.3 Å². The van der Waals surface area contributed by atoms with Crippen molar-refractivity contribution < 1.29 is 0 Å². The predicted molar refractivity (Wildman–Crippen MR) is 85.0 cm³/mol. The van der Waals surface area contributed by atoms with Crippen molar-refractivity contribution in [1.82, 2.24) is 0 Å². The second kappa shape index (κ2) is 5.41. The van der Waals surface area contributed by atoms with Crippen LogP contribution >= 0.6 is 15.9 Å². The van der Waals surface area contributed by atoms with Gasteiger partial charge in [-0.15, -0.1) is 0 Å². The van der Waals surface area contributed by atoms with Crippen molar-refractivity contribution in [1.29, 1.82) is 0 Å². The second-order valence-corrected chi connectivity index (χ2v) is 5.28. The normalized spacial score (nSPS) is 10.4. The molecule has 3 aromatic carbocycles. The maximum atomic E-state index is 3.61. The molecule has 0 fully saturated rings. The lowest BCUT2D eigenvalue weighted by atomic mass is 9.99. The molecular weight excluding hydrogens is 296 g/mol. The quantitative estimate of drug-likeness (QED) is 0.562. The van der Waals surface area contributed by atoms with Gasteiger partial charge in [0.15, 0.2) is 0 Å². The van der Waals surface area contributed by atoms with Gasteiger partial charge in [-0.05, 0) is 34.4 Å². The number of benzene rings is 3.